The highest BCUT2D eigenvalue weighted by Gasteiger charge is 2.08. The minimum absolute atomic E-state index is 0.510. The molecule has 0 unspecified atom stereocenters. The first kappa shape index (κ1) is 16.5. The molecule has 0 atom stereocenters. The van der Waals surface area contributed by atoms with Gasteiger partial charge in [0.25, 0.3) is 0 Å². The maximum atomic E-state index is 6.16. The van der Waals surface area contributed by atoms with Gasteiger partial charge in [-0.1, -0.05) is 35.9 Å². The van der Waals surface area contributed by atoms with Crippen LogP contribution in [0, 0.1) is 0 Å². The number of nitrogens with two attached hydrogens (primary N) is 1. The molecule has 3 rings (SSSR count). The molecule has 3 aromatic rings. The highest BCUT2D eigenvalue weighted by molar-refractivity contribution is 7.09. The Morgan fingerprint density at radius 3 is 2.58 bits per heavy atom. The molecule has 0 spiro atoms. The summed E-state index contributed by atoms with van der Waals surface area (Å²) in [6.45, 7) is 1.32. The number of benzene rings is 1. The third-order valence-electron chi connectivity index (χ3n) is 3.53. The Bertz CT molecular complexity index is 791. The molecule has 1 aromatic carbocycles. The second-order valence-electron chi connectivity index (χ2n) is 5.19. The van der Waals surface area contributed by atoms with Crippen molar-refractivity contribution in [2.24, 2.45) is 0 Å². The smallest absolute Gasteiger partial charge is 0.155 e. The van der Waals surface area contributed by atoms with E-state index in [1.165, 1.54) is 11.2 Å². The number of nitrogens with zero attached hydrogens (tertiary/aromatic N) is 2. The van der Waals surface area contributed by atoms with Crippen LogP contribution in [-0.4, -0.2) is 16.5 Å². The second-order valence-corrected chi connectivity index (χ2v) is 6.63. The minimum Gasteiger partial charge on any atom is -0.393 e. The molecular weight excluding hydrogens is 342 g/mol. The van der Waals surface area contributed by atoms with E-state index in [2.05, 4.69) is 38.1 Å². The molecule has 2 heterocycles. The number of aromatic nitrogens is 2. The van der Waals surface area contributed by atoms with Crippen LogP contribution in [0.25, 0.3) is 0 Å². The van der Waals surface area contributed by atoms with Crippen LogP contribution in [0.1, 0.15) is 10.4 Å². The van der Waals surface area contributed by atoms with Gasteiger partial charge >= 0.3 is 0 Å². The highest BCUT2D eigenvalue weighted by atomic mass is 35.5. The Balaban J connectivity index is 1.61. The molecule has 0 fully saturated rings. The fraction of sp³-hybridized carbons (Fsp3) is 0.176. The molecular formula is C17H18ClN5S. The van der Waals surface area contributed by atoms with Crippen LogP contribution in [0.3, 0.4) is 0 Å². The number of nitrogens with one attached hydrogen (secondary N) is 2. The lowest BCUT2D eigenvalue weighted by Gasteiger charge is -2.13. The van der Waals surface area contributed by atoms with Crippen molar-refractivity contribution < 1.29 is 0 Å². The summed E-state index contributed by atoms with van der Waals surface area (Å²) in [4.78, 5) is 9.76. The molecule has 4 N–H and O–H groups in total. The first-order valence-electron chi connectivity index (χ1n) is 7.58. The van der Waals surface area contributed by atoms with Crippen molar-refractivity contribution in [3.05, 3.63) is 63.6 Å². The minimum atomic E-state index is 0.510. The first-order valence-corrected chi connectivity index (χ1v) is 8.84. The zero-order valence-corrected chi connectivity index (χ0v) is 14.6. The molecule has 0 bridgehead atoms. The lowest BCUT2D eigenvalue weighted by atomic mass is 10.2. The van der Waals surface area contributed by atoms with E-state index in [0.717, 1.165) is 18.5 Å². The standard InChI is InChI=1S/C17H18ClN5S/c18-14-6-2-1-4-12(14)10-21-17-15(19)16(22-11-23-17)20-8-7-13-5-3-9-24-13/h1-6,9,11H,7-8,10,19H2,(H2,20,21,22,23). The van der Waals surface area contributed by atoms with Gasteiger partial charge in [-0.15, -0.1) is 11.3 Å². The summed E-state index contributed by atoms with van der Waals surface area (Å²) in [5, 5.41) is 9.27. The summed E-state index contributed by atoms with van der Waals surface area (Å²) in [7, 11) is 0. The monoisotopic (exact) mass is 359 g/mol. The maximum Gasteiger partial charge on any atom is 0.155 e. The van der Waals surface area contributed by atoms with Crippen molar-refractivity contribution in [3.8, 4) is 0 Å². The number of hydrogen-bond acceptors (Lipinski definition) is 6. The predicted octanol–water partition coefficient (Wildman–Crippen LogP) is 4.04. The van der Waals surface area contributed by atoms with E-state index in [9.17, 15) is 0 Å². The van der Waals surface area contributed by atoms with E-state index < -0.39 is 0 Å². The van der Waals surface area contributed by atoms with Gasteiger partial charge in [-0.3, -0.25) is 0 Å². The fourth-order valence-corrected chi connectivity index (χ4v) is 3.17. The second kappa shape index (κ2) is 7.99. The van der Waals surface area contributed by atoms with E-state index in [-0.39, 0.29) is 0 Å². The van der Waals surface area contributed by atoms with Crippen molar-refractivity contribution >= 4 is 40.3 Å². The number of hydrogen-bond donors (Lipinski definition) is 3. The van der Waals surface area contributed by atoms with Crippen molar-refractivity contribution in [3.63, 3.8) is 0 Å². The van der Waals surface area contributed by atoms with E-state index in [1.807, 2.05) is 24.3 Å². The van der Waals surface area contributed by atoms with E-state index >= 15 is 0 Å². The number of thiophene rings is 1. The summed E-state index contributed by atoms with van der Waals surface area (Å²) >= 11 is 7.91. The summed E-state index contributed by atoms with van der Waals surface area (Å²) in [5.74, 6) is 1.24. The topological polar surface area (TPSA) is 75.9 Å². The van der Waals surface area contributed by atoms with Gasteiger partial charge in [-0.25, -0.2) is 9.97 Å². The van der Waals surface area contributed by atoms with Crippen LogP contribution >= 0.6 is 22.9 Å². The number of halogens is 1. The molecule has 0 aliphatic heterocycles. The first-order chi connectivity index (χ1) is 11.7. The zero-order valence-electron chi connectivity index (χ0n) is 13.0. The molecule has 7 heteroatoms. The SMILES string of the molecule is Nc1c(NCCc2cccs2)ncnc1NCc1ccccc1Cl. The fourth-order valence-electron chi connectivity index (χ4n) is 2.26. The molecule has 5 nitrogen and oxygen atoms in total. The Kier molecular flexibility index (Phi) is 5.51. The third kappa shape index (κ3) is 4.15. The lowest BCUT2D eigenvalue weighted by Crippen LogP contribution is -2.11. The molecule has 0 saturated heterocycles. The number of anilines is 3. The molecule has 124 valence electrons. The summed E-state index contributed by atoms with van der Waals surface area (Å²) in [5.41, 5.74) is 7.66. The van der Waals surface area contributed by atoms with Crippen molar-refractivity contribution in [2.45, 2.75) is 13.0 Å². The van der Waals surface area contributed by atoms with Crippen LogP contribution in [0.2, 0.25) is 5.02 Å². The van der Waals surface area contributed by atoms with Crippen LogP contribution in [-0.2, 0) is 13.0 Å². The zero-order chi connectivity index (χ0) is 16.8. The molecule has 24 heavy (non-hydrogen) atoms. The van der Waals surface area contributed by atoms with Crippen molar-refractivity contribution in [2.75, 3.05) is 22.9 Å². The van der Waals surface area contributed by atoms with Gasteiger partial charge in [0.1, 0.15) is 12.0 Å². The van der Waals surface area contributed by atoms with Crippen LogP contribution in [0.5, 0.6) is 0 Å². The predicted molar refractivity (Wildman–Crippen MR) is 102 cm³/mol. The number of rotatable bonds is 7. The van der Waals surface area contributed by atoms with Gasteiger partial charge in [0.2, 0.25) is 0 Å². The molecule has 0 aliphatic rings. The summed E-state index contributed by atoms with van der Waals surface area (Å²) in [6, 6.07) is 11.8. The number of nitrogen functional groups attached to an aromatic ring is 1. The molecule has 2 aromatic heterocycles. The lowest BCUT2D eigenvalue weighted by molar-refractivity contribution is 1.01. The van der Waals surface area contributed by atoms with Gasteiger partial charge in [-0.2, -0.15) is 0 Å². The Morgan fingerprint density at radius 2 is 1.83 bits per heavy atom. The van der Waals surface area contributed by atoms with Gasteiger partial charge in [0, 0.05) is 23.0 Å². The van der Waals surface area contributed by atoms with Crippen LogP contribution in [0.4, 0.5) is 17.3 Å². The third-order valence-corrected chi connectivity index (χ3v) is 4.84. The Hall–Kier alpha value is -2.31. The molecule has 0 radical (unpaired) electrons. The van der Waals surface area contributed by atoms with E-state index in [0.29, 0.717) is 28.9 Å². The molecule has 0 saturated carbocycles. The Morgan fingerprint density at radius 1 is 1.04 bits per heavy atom. The summed E-state index contributed by atoms with van der Waals surface area (Å²) in [6.07, 6.45) is 2.43. The highest BCUT2D eigenvalue weighted by Crippen LogP contribution is 2.24. The average Bonchev–Trinajstić information content (AvgIpc) is 3.10. The van der Waals surface area contributed by atoms with Crippen molar-refractivity contribution in [1.82, 2.24) is 9.97 Å². The van der Waals surface area contributed by atoms with Crippen LogP contribution in [0.15, 0.2) is 48.1 Å². The van der Waals surface area contributed by atoms with Gasteiger partial charge in [0.05, 0.1) is 0 Å². The largest absolute Gasteiger partial charge is 0.393 e. The maximum absolute atomic E-state index is 6.16. The Labute approximate surface area is 149 Å². The average molecular weight is 360 g/mol. The van der Waals surface area contributed by atoms with Gasteiger partial charge in [0.15, 0.2) is 11.6 Å². The van der Waals surface area contributed by atoms with E-state index in [4.69, 9.17) is 17.3 Å². The van der Waals surface area contributed by atoms with Crippen molar-refractivity contribution in [1.29, 1.82) is 0 Å². The van der Waals surface area contributed by atoms with Gasteiger partial charge < -0.3 is 16.4 Å². The molecule has 0 aliphatic carbocycles. The van der Waals surface area contributed by atoms with E-state index in [1.54, 1.807) is 11.3 Å². The molecule has 0 amide bonds. The van der Waals surface area contributed by atoms with Gasteiger partial charge in [-0.05, 0) is 29.5 Å². The summed E-state index contributed by atoms with van der Waals surface area (Å²) < 4.78 is 0. The quantitative estimate of drug-likeness (QED) is 0.593. The van der Waals surface area contributed by atoms with Crippen LogP contribution < -0.4 is 16.4 Å². The normalized spacial score (nSPS) is 10.5.